The van der Waals surface area contributed by atoms with Crippen molar-refractivity contribution in [3.63, 3.8) is 0 Å². The topological polar surface area (TPSA) is 88.2 Å². The molecule has 164 valence electrons. The van der Waals surface area contributed by atoms with E-state index in [2.05, 4.69) is 5.32 Å². The highest BCUT2D eigenvalue weighted by Crippen LogP contribution is 2.27. The minimum absolute atomic E-state index is 0.149. The molecule has 1 saturated heterocycles. The van der Waals surface area contributed by atoms with Gasteiger partial charge in [0.1, 0.15) is 11.8 Å². The summed E-state index contributed by atoms with van der Waals surface area (Å²) in [6.07, 6.45) is -0.149. The van der Waals surface area contributed by atoms with Crippen LogP contribution in [0.4, 0.5) is 16.2 Å². The Hall–Kier alpha value is -3.39. The number of methoxy groups -OCH3 is 1. The lowest BCUT2D eigenvalue weighted by Gasteiger charge is -2.21. The van der Waals surface area contributed by atoms with Crippen molar-refractivity contribution in [2.24, 2.45) is 0 Å². The van der Waals surface area contributed by atoms with E-state index in [4.69, 9.17) is 9.47 Å². The van der Waals surface area contributed by atoms with Crippen LogP contribution >= 0.6 is 0 Å². The Labute approximate surface area is 181 Å². The van der Waals surface area contributed by atoms with Crippen molar-refractivity contribution in [3.05, 3.63) is 54.1 Å². The highest BCUT2D eigenvalue weighted by atomic mass is 16.5. The van der Waals surface area contributed by atoms with Crippen molar-refractivity contribution in [1.29, 1.82) is 0 Å². The van der Waals surface area contributed by atoms with Gasteiger partial charge < -0.3 is 19.7 Å². The molecule has 2 aromatic carbocycles. The summed E-state index contributed by atoms with van der Waals surface area (Å²) in [7, 11) is 1.52. The Kier molecular flexibility index (Phi) is 7.25. The van der Waals surface area contributed by atoms with Crippen LogP contribution in [0.15, 0.2) is 48.5 Å². The van der Waals surface area contributed by atoms with Crippen molar-refractivity contribution in [2.45, 2.75) is 26.3 Å². The van der Waals surface area contributed by atoms with E-state index in [1.165, 1.54) is 12.0 Å². The molecule has 0 aromatic heterocycles. The molecule has 0 aliphatic carbocycles. The van der Waals surface area contributed by atoms with Crippen LogP contribution in [-0.4, -0.2) is 55.7 Å². The Morgan fingerprint density at radius 2 is 1.87 bits per heavy atom. The summed E-state index contributed by atoms with van der Waals surface area (Å²) in [5, 5.41) is 2.78. The second-order valence-electron chi connectivity index (χ2n) is 7.21. The van der Waals surface area contributed by atoms with Crippen LogP contribution in [0, 0.1) is 6.92 Å². The summed E-state index contributed by atoms with van der Waals surface area (Å²) < 4.78 is 10.5. The largest absolute Gasteiger partial charge is 0.494 e. The Bertz CT molecular complexity index is 944. The van der Waals surface area contributed by atoms with Gasteiger partial charge in [-0.1, -0.05) is 12.1 Å². The summed E-state index contributed by atoms with van der Waals surface area (Å²) in [5.74, 6) is -0.0750. The third-order valence-corrected chi connectivity index (χ3v) is 4.94. The molecule has 8 nitrogen and oxygen atoms in total. The molecule has 31 heavy (non-hydrogen) atoms. The summed E-state index contributed by atoms with van der Waals surface area (Å²) in [6, 6.07) is 12.8. The number of anilines is 2. The minimum atomic E-state index is -0.897. The molecule has 0 saturated carbocycles. The molecule has 3 rings (SSSR count). The maximum atomic E-state index is 13.1. The van der Waals surface area contributed by atoms with Gasteiger partial charge in [0.2, 0.25) is 5.91 Å². The van der Waals surface area contributed by atoms with Gasteiger partial charge in [-0.2, -0.15) is 0 Å². The second-order valence-corrected chi connectivity index (χ2v) is 7.21. The predicted molar refractivity (Wildman–Crippen MR) is 117 cm³/mol. The fourth-order valence-electron chi connectivity index (χ4n) is 3.47. The number of aryl methyl sites for hydroxylation is 1. The Morgan fingerprint density at radius 3 is 2.52 bits per heavy atom. The van der Waals surface area contributed by atoms with Crippen molar-refractivity contribution in [1.82, 2.24) is 4.90 Å². The number of benzene rings is 2. The quantitative estimate of drug-likeness (QED) is 0.624. The van der Waals surface area contributed by atoms with Crippen molar-refractivity contribution < 1.29 is 23.9 Å². The minimum Gasteiger partial charge on any atom is -0.494 e. The van der Waals surface area contributed by atoms with Crippen LogP contribution in [0.5, 0.6) is 5.75 Å². The maximum absolute atomic E-state index is 13.1. The van der Waals surface area contributed by atoms with Gasteiger partial charge in [-0.05, 0) is 55.8 Å². The second kappa shape index (κ2) is 10.1. The van der Waals surface area contributed by atoms with Gasteiger partial charge in [-0.3, -0.25) is 9.59 Å². The van der Waals surface area contributed by atoms with Gasteiger partial charge in [0.15, 0.2) is 0 Å². The number of urea groups is 1. The van der Waals surface area contributed by atoms with Crippen molar-refractivity contribution >= 4 is 29.2 Å². The summed E-state index contributed by atoms with van der Waals surface area (Å²) in [5.41, 5.74) is 2.01. The zero-order valence-corrected chi connectivity index (χ0v) is 18.0. The molecule has 1 fully saturated rings. The van der Waals surface area contributed by atoms with Crippen LogP contribution < -0.4 is 15.0 Å². The molecular weight excluding hydrogens is 398 g/mol. The van der Waals surface area contributed by atoms with Crippen LogP contribution in [0.3, 0.4) is 0 Å². The number of hydrogen-bond donors (Lipinski definition) is 1. The molecule has 1 atom stereocenters. The van der Waals surface area contributed by atoms with E-state index in [1.807, 2.05) is 19.9 Å². The molecule has 0 radical (unpaired) electrons. The van der Waals surface area contributed by atoms with Gasteiger partial charge in [0.25, 0.3) is 5.91 Å². The Morgan fingerprint density at radius 1 is 1.13 bits per heavy atom. The number of rotatable bonds is 9. The van der Waals surface area contributed by atoms with E-state index >= 15 is 0 Å². The molecule has 4 amide bonds. The first kappa shape index (κ1) is 22.3. The normalized spacial score (nSPS) is 16.0. The molecule has 0 spiro atoms. The van der Waals surface area contributed by atoms with Crippen LogP contribution in [0.2, 0.25) is 0 Å². The van der Waals surface area contributed by atoms with Crippen LogP contribution in [0.25, 0.3) is 0 Å². The van der Waals surface area contributed by atoms with Crippen LogP contribution in [-0.2, 0) is 14.3 Å². The fraction of sp³-hybridized carbons (Fsp3) is 0.348. The first-order valence-corrected chi connectivity index (χ1v) is 10.2. The van der Waals surface area contributed by atoms with Gasteiger partial charge in [-0.15, -0.1) is 0 Å². The summed E-state index contributed by atoms with van der Waals surface area (Å²) >= 11 is 0. The molecule has 1 heterocycles. The zero-order chi connectivity index (χ0) is 22.4. The molecule has 1 aliphatic heterocycles. The number of carbonyl (C=O) groups is 3. The van der Waals surface area contributed by atoms with Gasteiger partial charge in [0, 0.05) is 19.3 Å². The average Bonchev–Trinajstić information content (AvgIpc) is 2.97. The third kappa shape index (κ3) is 5.21. The lowest BCUT2D eigenvalue weighted by molar-refractivity contribution is -0.124. The molecule has 8 heteroatoms. The first-order chi connectivity index (χ1) is 14.9. The van der Waals surface area contributed by atoms with Crippen molar-refractivity contribution in [2.75, 3.05) is 37.1 Å². The number of carbonyl (C=O) groups excluding carboxylic acids is 3. The van der Waals surface area contributed by atoms with E-state index in [1.54, 1.807) is 42.5 Å². The van der Waals surface area contributed by atoms with E-state index in [-0.39, 0.29) is 25.5 Å². The third-order valence-electron chi connectivity index (χ3n) is 4.94. The van der Waals surface area contributed by atoms with E-state index in [9.17, 15) is 14.4 Å². The molecule has 0 unspecified atom stereocenters. The average molecular weight is 425 g/mol. The number of ether oxygens (including phenoxy) is 2. The van der Waals surface area contributed by atoms with E-state index in [0.717, 1.165) is 10.5 Å². The van der Waals surface area contributed by atoms with Gasteiger partial charge >= 0.3 is 6.03 Å². The molecule has 2 aromatic rings. The number of amides is 4. The lowest BCUT2D eigenvalue weighted by atomic mass is 10.1. The van der Waals surface area contributed by atoms with Gasteiger partial charge in [0.05, 0.1) is 25.3 Å². The number of hydrogen-bond acceptors (Lipinski definition) is 5. The first-order valence-electron chi connectivity index (χ1n) is 10.2. The number of nitrogens with one attached hydrogen (secondary N) is 1. The van der Waals surface area contributed by atoms with E-state index in [0.29, 0.717) is 23.7 Å². The van der Waals surface area contributed by atoms with Crippen LogP contribution in [0.1, 0.15) is 18.9 Å². The highest BCUT2D eigenvalue weighted by molar-refractivity contribution is 6.22. The molecule has 1 aliphatic rings. The highest BCUT2D eigenvalue weighted by Gasteiger charge is 2.46. The number of nitrogens with zero attached hydrogens (tertiary/aromatic N) is 2. The van der Waals surface area contributed by atoms with Gasteiger partial charge in [-0.25, -0.2) is 9.69 Å². The van der Waals surface area contributed by atoms with Crippen molar-refractivity contribution in [3.8, 4) is 5.75 Å². The molecule has 1 N–H and O–H groups in total. The summed E-state index contributed by atoms with van der Waals surface area (Å²) in [6.45, 7) is 4.81. The smallest absolute Gasteiger partial charge is 0.332 e. The fourth-order valence-corrected chi connectivity index (χ4v) is 3.47. The monoisotopic (exact) mass is 425 g/mol. The number of imide groups is 1. The predicted octanol–water partition coefficient (Wildman–Crippen LogP) is 3.21. The molecular formula is C23H27N3O5. The van der Waals surface area contributed by atoms with E-state index < -0.39 is 18.0 Å². The Balaban J connectivity index is 1.75. The lowest BCUT2D eigenvalue weighted by Crippen LogP contribution is -2.39. The molecule has 0 bridgehead atoms. The SMILES string of the molecule is CCOc1ccc(NC(=O)C[C@H]2C(=O)N(c3cccc(C)c3)C(=O)N2CCOC)cc1. The standard InChI is InChI=1S/C23H27N3O5/c1-4-31-19-10-8-17(9-11-19)24-21(27)15-20-22(28)26(18-7-5-6-16(2)14-18)23(29)25(20)12-13-30-3/h5-11,14,20H,4,12-13,15H2,1-3H3,(H,24,27)/t20-/m0/s1. The maximum Gasteiger partial charge on any atom is 0.332 e. The zero-order valence-electron chi connectivity index (χ0n) is 18.0. The summed E-state index contributed by atoms with van der Waals surface area (Å²) in [4.78, 5) is 41.3.